The summed E-state index contributed by atoms with van der Waals surface area (Å²) in [6, 6.07) is 12.8. The first kappa shape index (κ1) is 13.7. The van der Waals surface area contributed by atoms with E-state index in [1.165, 1.54) is 28.8 Å². The van der Waals surface area contributed by atoms with Gasteiger partial charge < -0.3 is 0 Å². The van der Waals surface area contributed by atoms with Crippen LogP contribution in [0.5, 0.6) is 0 Å². The second-order valence-electron chi connectivity index (χ2n) is 4.91. The zero-order valence-electron chi connectivity index (χ0n) is 11.3. The molecule has 0 saturated heterocycles. The van der Waals surface area contributed by atoms with Crippen molar-refractivity contribution in [3.8, 4) is 0 Å². The Bertz CT molecular complexity index is 566. The fourth-order valence-electron chi connectivity index (χ4n) is 2.24. The van der Waals surface area contributed by atoms with Gasteiger partial charge in [-0.15, -0.1) is 0 Å². The first-order valence-electron chi connectivity index (χ1n) is 6.38. The maximum Gasteiger partial charge on any atom is 0.123 e. The van der Waals surface area contributed by atoms with Crippen LogP contribution in [0.25, 0.3) is 0 Å². The molecule has 0 spiro atoms. The molecular weight excluding hydrogens is 239 g/mol. The van der Waals surface area contributed by atoms with Crippen LogP contribution in [0.15, 0.2) is 42.5 Å². The maximum absolute atomic E-state index is 13.3. The SMILES string of the molecule is Cc1ccc(C)c(CC(NN)c2cccc(F)c2)c1. The molecule has 2 aromatic carbocycles. The van der Waals surface area contributed by atoms with Crippen LogP contribution < -0.4 is 11.3 Å². The molecule has 0 aliphatic heterocycles. The van der Waals surface area contributed by atoms with E-state index in [1.807, 2.05) is 6.07 Å². The van der Waals surface area contributed by atoms with Crippen molar-refractivity contribution < 1.29 is 4.39 Å². The van der Waals surface area contributed by atoms with E-state index in [-0.39, 0.29) is 11.9 Å². The minimum absolute atomic E-state index is 0.0869. The van der Waals surface area contributed by atoms with Crippen LogP contribution in [0.4, 0.5) is 4.39 Å². The minimum atomic E-state index is -0.237. The van der Waals surface area contributed by atoms with Crippen molar-refractivity contribution in [2.75, 3.05) is 0 Å². The number of rotatable bonds is 4. The van der Waals surface area contributed by atoms with Gasteiger partial charge >= 0.3 is 0 Å². The van der Waals surface area contributed by atoms with E-state index in [9.17, 15) is 4.39 Å². The zero-order valence-corrected chi connectivity index (χ0v) is 11.3. The number of hydrogen-bond acceptors (Lipinski definition) is 2. The van der Waals surface area contributed by atoms with Gasteiger partial charge in [0.2, 0.25) is 0 Å². The Balaban J connectivity index is 2.26. The highest BCUT2D eigenvalue weighted by Crippen LogP contribution is 2.21. The van der Waals surface area contributed by atoms with Crippen molar-refractivity contribution in [1.82, 2.24) is 5.43 Å². The third-order valence-electron chi connectivity index (χ3n) is 3.38. The quantitative estimate of drug-likeness (QED) is 0.653. The standard InChI is InChI=1S/C16H19FN2/c1-11-6-7-12(2)14(8-11)10-16(19-18)13-4-3-5-15(17)9-13/h3-9,16,19H,10,18H2,1-2H3. The van der Waals surface area contributed by atoms with Gasteiger partial charge in [-0.1, -0.05) is 35.9 Å². The van der Waals surface area contributed by atoms with Crippen LogP contribution >= 0.6 is 0 Å². The Morgan fingerprint density at radius 2 is 1.95 bits per heavy atom. The third kappa shape index (κ3) is 3.40. The Kier molecular flexibility index (Phi) is 4.30. The molecule has 19 heavy (non-hydrogen) atoms. The van der Waals surface area contributed by atoms with Crippen molar-refractivity contribution in [3.63, 3.8) is 0 Å². The molecule has 0 aliphatic carbocycles. The maximum atomic E-state index is 13.3. The van der Waals surface area contributed by atoms with Crippen LogP contribution in [0.1, 0.15) is 28.3 Å². The van der Waals surface area contributed by atoms with E-state index in [0.717, 1.165) is 12.0 Å². The fourth-order valence-corrected chi connectivity index (χ4v) is 2.24. The molecule has 0 bridgehead atoms. The lowest BCUT2D eigenvalue weighted by molar-refractivity contribution is 0.543. The van der Waals surface area contributed by atoms with E-state index in [1.54, 1.807) is 6.07 Å². The molecule has 100 valence electrons. The Morgan fingerprint density at radius 3 is 2.63 bits per heavy atom. The molecule has 3 heteroatoms. The Morgan fingerprint density at radius 1 is 1.16 bits per heavy atom. The lowest BCUT2D eigenvalue weighted by Crippen LogP contribution is -2.29. The largest absolute Gasteiger partial charge is 0.271 e. The second kappa shape index (κ2) is 5.95. The summed E-state index contributed by atoms with van der Waals surface area (Å²) in [5, 5.41) is 0. The van der Waals surface area contributed by atoms with Crippen molar-refractivity contribution in [1.29, 1.82) is 0 Å². The van der Waals surface area contributed by atoms with Gasteiger partial charge in [-0.05, 0) is 49.1 Å². The fraction of sp³-hybridized carbons (Fsp3) is 0.250. The number of aryl methyl sites for hydroxylation is 2. The summed E-state index contributed by atoms with van der Waals surface area (Å²) in [6.07, 6.45) is 0.744. The second-order valence-corrected chi connectivity index (χ2v) is 4.91. The van der Waals surface area contributed by atoms with Crippen LogP contribution in [0.3, 0.4) is 0 Å². The van der Waals surface area contributed by atoms with Crippen molar-refractivity contribution in [2.45, 2.75) is 26.3 Å². The lowest BCUT2D eigenvalue weighted by Gasteiger charge is -2.18. The topological polar surface area (TPSA) is 38.0 Å². The van der Waals surface area contributed by atoms with Gasteiger partial charge in [0.05, 0.1) is 6.04 Å². The predicted octanol–water partition coefficient (Wildman–Crippen LogP) is 3.19. The van der Waals surface area contributed by atoms with Gasteiger partial charge in [-0.3, -0.25) is 11.3 Å². The van der Waals surface area contributed by atoms with E-state index >= 15 is 0 Å². The van der Waals surface area contributed by atoms with Crippen LogP contribution in [0.2, 0.25) is 0 Å². The number of hydrogen-bond donors (Lipinski definition) is 2. The summed E-state index contributed by atoms with van der Waals surface area (Å²) in [5.41, 5.74) is 7.31. The first-order chi connectivity index (χ1) is 9.10. The lowest BCUT2D eigenvalue weighted by atomic mass is 9.95. The summed E-state index contributed by atoms with van der Waals surface area (Å²) in [6.45, 7) is 4.14. The highest BCUT2D eigenvalue weighted by atomic mass is 19.1. The van der Waals surface area contributed by atoms with Gasteiger partial charge in [-0.2, -0.15) is 0 Å². The summed E-state index contributed by atoms with van der Waals surface area (Å²) >= 11 is 0. The molecule has 2 aromatic rings. The third-order valence-corrected chi connectivity index (χ3v) is 3.38. The van der Waals surface area contributed by atoms with E-state index < -0.39 is 0 Å². The minimum Gasteiger partial charge on any atom is -0.271 e. The monoisotopic (exact) mass is 258 g/mol. The Labute approximate surface area is 113 Å². The number of halogens is 1. The Hall–Kier alpha value is -1.71. The number of benzene rings is 2. The van der Waals surface area contributed by atoms with Gasteiger partial charge in [0.25, 0.3) is 0 Å². The van der Waals surface area contributed by atoms with E-state index in [0.29, 0.717) is 0 Å². The summed E-state index contributed by atoms with van der Waals surface area (Å²) in [4.78, 5) is 0. The van der Waals surface area contributed by atoms with Crippen LogP contribution in [-0.4, -0.2) is 0 Å². The van der Waals surface area contributed by atoms with Gasteiger partial charge in [-0.25, -0.2) is 4.39 Å². The highest BCUT2D eigenvalue weighted by Gasteiger charge is 2.12. The molecule has 3 N–H and O–H groups in total. The van der Waals surface area contributed by atoms with E-state index in [2.05, 4.69) is 37.5 Å². The number of hydrazine groups is 1. The van der Waals surface area contributed by atoms with Gasteiger partial charge in [0.1, 0.15) is 5.82 Å². The average molecular weight is 258 g/mol. The molecule has 0 heterocycles. The summed E-state index contributed by atoms with van der Waals surface area (Å²) in [7, 11) is 0. The molecule has 0 amide bonds. The van der Waals surface area contributed by atoms with Crippen LogP contribution in [0, 0.1) is 19.7 Å². The van der Waals surface area contributed by atoms with Gasteiger partial charge in [0, 0.05) is 0 Å². The zero-order chi connectivity index (χ0) is 13.8. The number of nitrogens with one attached hydrogen (secondary N) is 1. The molecule has 0 aromatic heterocycles. The van der Waals surface area contributed by atoms with Crippen molar-refractivity contribution >= 4 is 0 Å². The normalized spacial score (nSPS) is 12.4. The summed E-state index contributed by atoms with van der Waals surface area (Å²) in [5.74, 6) is 5.38. The molecule has 2 rings (SSSR count). The van der Waals surface area contributed by atoms with Gasteiger partial charge in [0.15, 0.2) is 0 Å². The predicted molar refractivity (Wildman–Crippen MR) is 76.1 cm³/mol. The molecule has 0 fully saturated rings. The highest BCUT2D eigenvalue weighted by molar-refractivity contribution is 5.32. The molecule has 1 unspecified atom stereocenters. The summed E-state index contributed by atoms with van der Waals surface area (Å²) < 4.78 is 13.3. The van der Waals surface area contributed by atoms with Crippen LogP contribution in [-0.2, 0) is 6.42 Å². The van der Waals surface area contributed by atoms with Crippen molar-refractivity contribution in [2.24, 2.45) is 5.84 Å². The molecule has 0 saturated carbocycles. The molecular formula is C16H19FN2. The smallest absolute Gasteiger partial charge is 0.123 e. The first-order valence-corrected chi connectivity index (χ1v) is 6.38. The van der Waals surface area contributed by atoms with Crippen molar-refractivity contribution in [3.05, 3.63) is 70.5 Å². The van der Waals surface area contributed by atoms with E-state index in [4.69, 9.17) is 5.84 Å². The molecule has 0 aliphatic rings. The molecule has 0 radical (unpaired) electrons. The molecule has 2 nitrogen and oxygen atoms in total. The molecule has 1 atom stereocenters. The number of nitrogens with two attached hydrogens (primary N) is 1. The average Bonchev–Trinajstić information content (AvgIpc) is 2.39.